The van der Waals surface area contributed by atoms with Crippen LogP contribution in [0.4, 0.5) is 0 Å². The fourth-order valence-corrected chi connectivity index (χ4v) is 3.40. The lowest BCUT2D eigenvalue weighted by Crippen LogP contribution is -2.31. The van der Waals surface area contributed by atoms with Gasteiger partial charge >= 0.3 is 5.69 Å². The summed E-state index contributed by atoms with van der Waals surface area (Å²) in [5, 5.41) is 4.77. The summed E-state index contributed by atoms with van der Waals surface area (Å²) in [5.41, 5.74) is 2.75. The lowest BCUT2D eigenvalue weighted by molar-refractivity contribution is 0.193. The first-order valence-corrected chi connectivity index (χ1v) is 9.34. The van der Waals surface area contributed by atoms with E-state index in [1.807, 2.05) is 24.6 Å². The van der Waals surface area contributed by atoms with Gasteiger partial charge in [0.15, 0.2) is 11.6 Å². The first-order chi connectivity index (χ1) is 13.4. The van der Waals surface area contributed by atoms with Crippen LogP contribution in [0.2, 0.25) is 0 Å². The molecule has 1 fully saturated rings. The summed E-state index contributed by atoms with van der Waals surface area (Å²) >= 11 is 0. The molecular formula is C20H23N5O3. The second kappa shape index (κ2) is 7.20. The van der Waals surface area contributed by atoms with Gasteiger partial charge in [-0.25, -0.2) is 14.5 Å². The van der Waals surface area contributed by atoms with Crippen LogP contribution in [0, 0.1) is 20.8 Å². The summed E-state index contributed by atoms with van der Waals surface area (Å²) in [6.07, 6.45) is 2.44. The number of H-pyrrole nitrogens is 1. The maximum Gasteiger partial charge on any atom is 0.328 e. The number of benzene rings is 1. The highest BCUT2D eigenvalue weighted by Gasteiger charge is 2.24. The van der Waals surface area contributed by atoms with Gasteiger partial charge in [-0.3, -0.25) is 14.3 Å². The summed E-state index contributed by atoms with van der Waals surface area (Å²) in [6.45, 7) is 7.25. The number of aromatic amines is 1. The second-order valence-electron chi connectivity index (χ2n) is 7.35. The first kappa shape index (κ1) is 18.4. The molecule has 0 amide bonds. The molecule has 3 aromatic rings. The van der Waals surface area contributed by atoms with Crippen LogP contribution in [-0.2, 0) is 11.3 Å². The topological polar surface area (TPSA) is 94.8 Å². The second-order valence-corrected chi connectivity index (χ2v) is 7.35. The Morgan fingerprint density at radius 2 is 2.04 bits per heavy atom. The van der Waals surface area contributed by atoms with Crippen LogP contribution in [0.15, 0.2) is 34.0 Å². The smallest absolute Gasteiger partial charge is 0.328 e. The third-order valence-corrected chi connectivity index (χ3v) is 5.08. The van der Waals surface area contributed by atoms with Gasteiger partial charge in [-0.1, -0.05) is 12.1 Å². The summed E-state index contributed by atoms with van der Waals surface area (Å²) in [5.74, 6) is 1.52. The predicted octanol–water partition coefficient (Wildman–Crippen LogP) is 1.59. The van der Waals surface area contributed by atoms with Crippen LogP contribution in [-0.4, -0.2) is 37.5 Å². The average molecular weight is 381 g/mol. The molecule has 0 bridgehead atoms. The van der Waals surface area contributed by atoms with E-state index in [1.165, 1.54) is 4.57 Å². The predicted molar refractivity (Wildman–Crippen MR) is 104 cm³/mol. The van der Waals surface area contributed by atoms with Gasteiger partial charge in [0.05, 0.1) is 18.8 Å². The summed E-state index contributed by atoms with van der Waals surface area (Å²) in [7, 11) is 0. The molecule has 146 valence electrons. The van der Waals surface area contributed by atoms with Crippen LogP contribution in [0.3, 0.4) is 0 Å². The Labute approximate surface area is 161 Å². The highest BCUT2D eigenvalue weighted by molar-refractivity contribution is 5.43. The number of aromatic nitrogens is 5. The van der Waals surface area contributed by atoms with Gasteiger partial charge in [0.2, 0.25) is 0 Å². The van der Waals surface area contributed by atoms with E-state index in [0.717, 1.165) is 29.1 Å². The molecule has 3 heterocycles. The monoisotopic (exact) mass is 381 g/mol. The van der Waals surface area contributed by atoms with E-state index in [4.69, 9.17) is 14.8 Å². The number of aryl methyl sites for hydroxylation is 3. The Hall–Kier alpha value is -3.00. The van der Waals surface area contributed by atoms with Crippen molar-refractivity contribution in [2.75, 3.05) is 13.2 Å². The highest BCUT2D eigenvalue weighted by Crippen LogP contribution is 2.25. The molecule has 0 radical (unpaired) electrons. The molecule has 1 N–H and O–H groups in total. The molecular weight excluding hydrogens is 358 g/mol. The van der Waals surface area contributed by atoms with E-state index in [1.54, 1.807) is 13.1 Å². The number of nitrogens with zero attached hydrogens (tertiary/aromatic N) is 4. The summed E-state index contributed by atoms with van der Waals surface area (Å²) in [4.78, 5) is 31.0. The molecule has 8 nitrogen and oxygen atoms in total. The SMILES string of the molecule is Cc1ccc(C)c(-n2nc([C@H]3CCOC3)nc2Cn2cc(C)c(=O)[nH]c2=O)c1. The maximum atomic E-state index is 12.3. The molecule has 0 aliphatic carbocycles. The fraction of sp³-hybridized carbons (Fsp3) is 0.400. The Balaban J connectivity index is 1.83. The zero-order chi connectivity index (χ0) is 19.8. The normalized spacial score (nSPS) is 16.6. The number of hydrogen-bond donors (Lipinski definition) is 1. The number of hydrogen-bond acceptors (Lipinski definition) is 5. The Morgan fingerprint density at radius 1 is 1.21 bits per heavy atom. The quantitative estimate of drug-likeness (QED) is 0.741. The maximum absolute atomic E-state index is 12.3. The Morgan fingerprint density at radius 3 is 2.79 bits per heavy atom. The zero-order valence-electron chi connectivity index (χ0n) is 16.2. The number of rotatable bonds is 4. The van der Waals surface area contributed by atoms with E-state index < -0.39 is 5.69 Å². The lowest BCUT2D eigenvalue weighted by atomic mass is 10.1. The number of nitrogens with one attached hydrogen (secondary N) is 1. The van der Waals surface area contributed by atoms with Gasteiger partial charge in [0, 0.05) is 24.3 Å². The van der Waals surface area contributed by atoms with E-state index in [0.29, 0.717) is 24.6 Å². The summed E-state index contributed by atoms with van der Waals surface area (Å²) in [6, 6.07) is 6.16. The minimum absolute atomic E-state index is 0.152. The number of ether oxygens (including phenoxy) is 1. The standard InChI is InChI=1S/C20H23N5O3/c1-12-4-5-13(2)16(8-12)25-17(21-18(23-25)15-6-7-28-11-15)10-24-9-14(3)19(26)22-20(24)27/h4-5,8-9,15H,6-7,10-11H2,1-3H3,(H,22,26,27)/t15-/m0/s1. The Bertz CT molecular complexity index is 1140. The van der Waals surface area contributed by atoms with Crippen LogP contribution in [0.1, 0.15) is 40.7 Å². The minimum atomic E-state index is -0.461. The van der Waals surface area contributed by atoms with Crippen molar-refractivity contribution in [1.82, 2.24) is 24.3 Å². The molecule has 0 unspecified atom stereocenters. The molecule has 0 spiro atoms. The third-order valence-electron chi connectivity index (χ3n) is 5.08. The molecule has 1 atom stereocenters. The van der Waals surface area contributed by atoms with Crippen LogP contribution < -0.4 is 11.2 Å². The Kier molecular flexibility index (Phi) is 4.72. The van der Waals surface area contributed by atoms with Crippen LogP contribution >= 0.6 is 0 Å². The average Bonchev–Trinajstić information content (AvgIpc) is 3.31. The van der Waals surface area contributed by atoms with Crippen molar-refractivity contribution in [2.24, 2.45) is 0 Å². The van der Waals surface area contributed by atoms with E-state index in [2.05, 4.69) is 17.1 Å². The van der Waals surface area contributed by atoms with E-state index >= 15 is 0 Å². The molecule has 28 heavy (non-hydrogen) atoms. The van der Waals surface area contributed by atoms with Crippen molar-refractivity contribution in [2.45, 2.75) is 39.7 Å². The van der Waals surface area contributed by atoms with Gasteiger partial charge < -0.3 is 4.74 Å². The van der Waals surface area contributed by atoms with Gasteiger partial charge in [-0.15, -0.1) is 0 Å². The molecule has 4 rings (SSSR count). The molecule has 1 aliphatic heterocycles. The molecule has 8 heteroatoms. The molecule has 1 aromatic carbocycles. The third kappa shape index (κ3) is 3.43. The van der Waals surface area contributed by atoms with E-state index in [-0.39, 0.29) is 18.0 Å². The molecule has 1 aliphatic rings. The molecule has 2 aromatic heterocycles. The van der Waals surface area contributed by atoms with Gasteiger partial charge in [0.1, 0.15) is 0 Å². The summed E-state index contributed by atoms with van der Waals surface area (Å²) < 4.78 is 8.76. The fourth-order valence-electron chi connectivity index (χ4n) is 3.40. The molecule has 1 saturated heterocycles. The largest absolute Gasteiger partial charge is 0.381 e. The lowest BCUT2D eigenvalue weighted by Gasteiger charge is -2.11. The first-order valence-electron chi connectivity index (χ1n) is 9.34. The van der Waals surface area contributed by atoms with Gasteiger partial charge in [-0.2, -0.15) is 5.10 Å². The van der Waals surface area contributed by atoms with Crippen LogP contribution in [0.5, 0.6) is 0 Å². The van der Waals surface area contributed by atoms with Gasteiger partial charge in [-0.05, 0) is 44.4 Å². The van der Waals surface area contributed by atoms with Crippen LogP contribution in [0.25, 0.3) is 5.69 Å². The van der Waals surface area contributed by atoms with Gasteiger partial charge in [0.25, 0.3) is 5.56 Å². The van der Waals surface area contributed by atoms with E-state index in [9.17, 15) is 9.59 Å². The van der Waals surface area contributed by atoms with Crippen molar-refractivity contribution >= 4 is 0 Å². The van der Waals surface area contributed by atoms with Crippen molar-refractivity contribution in [3.63, 3.8) is 0 Å². The zero-order valence-corrected chi connectivity index (χ0v) is 16.2. The minimum Gasteiger partial charge on any atom is -0.381 e. The van der Waals surface area contributed by atoms with Crippen molar-refractivity contribution in [1.29, 1.82) is 0 Å². The highest BCUT2D eigenvalue weighted by atomic mass is 16.5. The van der Waals surface area contributed by atoms with Crippen molar-refractivity contribution < 1.29 is 4.74 Å². The van der Waals surface area contributed by atoms with Crippen molar-refractivity contribution in [3.05, 3.63) is 73.6 Å². The molecule has 0 saturated carbocycles. The van der Waals surface area contributed by atoms with Crippen molar-refractivity contribution in [3.8, 4) is 5.69 Å².